The van der Waals surface area contributed by atoms with Crippen LogP contribution >= 0.6 is 11.6 Å². The molecule has 2 atom stereocenters. The van der Waals surface area contributed by atoms with Crippen LogP contribution in [0.4, 0.5) is 0 Å². The van der Waals surface area contributed by atoms with E-state index < -0.39 is 5.69 Å². The highest BCUT2D eigenvalue weighted by atomic mass is 35.5. The molecular formula is C23H24ClN3O4. The van der Waals surface area contributed by atoms with E-state index in [1.165, 1.54) is 11.7 Å². The van der Waals surface area contributed by atoms with Crippen molar-refractivity contribution in [1.82, 2.24) is 14.5 Å². The van der Waals surface area contributed by atoms with E-state index in [4.69, 9.17) is 16.3 Å². The summed E-state index contributed by atoms with van der Waals surface area (Å²) >= 11 is 6.01. The Balaban J connectivity index is 1.51. The number of halogens is 1. The summed E-state index contributed by atoms with van der Waals surface area (Å²) in [7, 11) is 1.40. The van der Waals surface area contributed by atoms with Crippen molar-refractivity contribution in [2.75, 3.05) is 26.7 Å². The minimum atomic E-state index is -0.427. The Kier molecular flexibility index (Phi) is 6.25. The van der Waals surface area contributed by atoms with Gasteiger partial charge in [-0.15, -0.1) is 0 Å². The molecule has 1 aromatic heterocycles. The maximum atomic E-state index is 12.7. The number of para-hydroxylation sites is 1. The summed E-state index contributed by atoms with van der Waals surface area (Å²) in [6.07, 6.45) is 0.768. The molecule has 1 N–H and O–H groups in total. The number of carbonyl (C=O) groups excluding carboxylic acids is 1. The molecule has 1 fully saturated rings. The molecule has 2 heterocycles. The number of H-pyrrole nitrogens is 1. The second kappa shape index (κ2) is 9.08. The number of aromatic nitrogens is 2. The maximum Gasteiger partial charge on any atom is 0.328 e. The lowest BCUT2D eigenvalue weighted by Gasteiger charge is -2.37. The third kappa shape index (κ3) is 4.43. The summed E-state index contributed by atoms with van der Waals surface area (Å²) < 4.78 is 6.28. The standard InChI is InChI=1S/C23H24ClN3O4/c1-31-22(29)19-14-26(11-10-17(19)15-6-8-16(24)9-7-15)12-13-27-21(28)18-4-2-3-5-20(18)25-23(27)30/h2-9,17,19H,10-14H2,1H3,(H,25,30). The summed E-state index contributed by atoms with van der Waals surface area (Å²) in [4.78, 5) is 42.5. The van der Waals surface area contributed by atoms with Crippen LogP contribution in [0.1, 0.15) is 17.9 Å². The molecule has 3 aromatic rings. The van der Waals surface area contributed by atoms with Gasteiger partial charge in [-0.2, -0.15) is 0 Å². The van der Waals surface area contributed by atoms with E-state index >= 15 is 0 Å². The van der Waals surface area contributed by atoms with Gasteiger partial charge in [-0.25, -0.2) is 4.79 Å². The quantitative estimate of drug-likeness (QED) is 0.615. The number of hydrogen-bond donors (Lipinski definition) is 1. The van der Waals surface area contributed by atoms with Crippen LogP contribution in [0.3, 0.4) is 0 Å². The summed E-state index contributed by atoms with van der Waals surface area (Å²) in [6.45, 7) is 1.99. The first-order chi connectivity index (χ1) is 15.0. The van der Waals surface area contributed by atoms with Crippen LogP contribution in [0.2, 0.25) is 5.02 Å². The number of hydrogen-bond acceptors (Lipinski definition) is 5. The van der Waals surface area contributed by atoms with Crippen molar-refractivity contribution in [2.45, 2.75) is 18.9 Å². The van der Waals surface area contributed by atoms with E-state index in [1.807, 2.05) is 24.3 Å². The molecule has 0 aliphatic carbocycles. The Morgan fingerprint density at radius 3 is 2.61 bits per heavy atom. The molecule has 1 aliphatic heterocycles. The van der Waals surface area contributed by atoms with Gasteiger partial charge < -0.3 is 14.6 Å². The molecule has 31 heavy (non-hydrogen) atoms. The number of fused-ring (bicyclic) bond motifs is 1. The van der Waals surface area contributed by atoms with Gasteiger partial charge in [-0.05, 0) is 48.7 Å². The molecule has 0 amide bonds. The molecule has 8 heteroatoms. The first kappa shape index (κ1) is 21.3. The van der Waals surface area contributed by atoms with E-state index in [9.17, 15) is 14.4 Å². The summed E-state index contributed by atoms with van der Waals surface area (Å²) in [5.74, 6) is -0.551. The molecule has 162 valence electrons. The minimum Gasteiger partial charge on any atom is -0.469 e. The zero-order chi connectivity index (χ0) is 22.0. The van der Waals surface area contributed by atoms with Gasteiger partial charge in [0.1, 0.15) is 0 Å². The lowest BCUT2D eigenvalue weighted by molar-refractivity contribution is -0.148. The zero-order valence-corrected chi connectivity index (χ0v) is 18.0. The number of nitrogens with zero attached hydrogens (tertiary/aromatic N) is 2. The number of rotatable bonds is 5. The van der Waals surface area contributed by atoms with Crippen LogP contribution < -0.4 is 11.2 Å². The second-order valence-corrected chi connectivity index (χ2v) is 8.25. The van der Waals surface area contributed by atoms with Gasteiger partial charge in [0.15, 0.2) is 0 Å². The molecular weight excluding hydrogens is 418 g/mol. The van der Waals surface area contributed by atoms with Gasteiger partial charge in [-0.1, -0.05) is 35.9 Å². The Labute approximate surface area is 184 Å². The van der Waals surface area contributed by atoms with Gasteiger partial charge in [0.2, 0.25) is 0 Å². The Morgan fingerprint density at radius 1 is 1.13 bits per heavy atom. The average Bonchev–Trinajstić information content (AvgIpc) is 2.79. The van der Waals surface area contributed by atoms with E-state index in [1.54, 1.807) is 24.3 Å². The molecule has 1 saturated heterocycles. The summed E-state index contributed by atoms with van der Waals surface area (Å²) in [6, 6.07) is 14.5. The van der Waals surface area contributed by atoms with Crippen LogP contribution in [0.15, 0.2) is 58.1 Å². The number of piperidine rings is 1. The van der Waals surface area contributed by atoms with Crippen molar-refractivity contribution in [3.8, 4) is 0 Å². The predicted molar refractivity (Wildman–Crippen MR) is 120 cm³/mol. The molecule has 2 aromatic carbocycles. The molecule has 4 rings (SSSR count). The van der Waals surface area contributed by atoms with Gasteiger partial charge in [0.05, 0.1) is 23.9 Å². The first-order valence-electron chi connectivity index (χ1n) is 10.3. The number of nitrogens with one attached hydrogen (secondary N) is 1. The number of benzene rings is 2. The number of aromatic amines is 1. The van der Waals surface area contributed by atoms with Gasteiger partial charge in [-0.3, -0.25) is 14.2 Å². The van der Waals surface area contributed by atoms with E-state index in [0.29, 0.717) is 29.0 Å². The summed E-state index contributed by atoms with van der Waals surface area (Å²) in [5, 5.41) is 1.14. The van der Waals surface area contributed by atoms with Crippen LogP contribution in [0.25, 0.3) is 10.9 Å². The zero-order valence-electron chi connectivity index (χ0n) is 17.2. The van der Waals surface area contributed by atoms with Crippen molar-refractivity contribution in [3.63, 3.8) is 0 Å². The fourth-order valence-corrected chi connectivity index (χ4v) is 4.49. The topological polar surface area (TPSA) is 84.4 Å². The minimum absolute atomic E-state index is 0.0350. The molecule has 0 bridgehead atoms. The van der Waals surface area contributed by atoms with Crippen molar-refractivity contribution >= 4 is 28.5 Å². The highest BCUT2D eigenvalue weighted by Crippen LogP contribution is 2.34. The molecule has 0 spiro atoms. The van der Waals surface area contributed by atoms with Crippen LogP contribution in [0, 0.1) is 5.92 Å². The van der Waals surface area contributed by atoms with E-state index in [0.717, 1.165) is 18.5 Å². The normalized spacial score (nSPS) is 19.4. The maximum absolute atomic E-state index is 12.7. The Hall–Kier alpha value is -2.90. The first-order valence-corrected chi connectivity index (χ1v) is 10.6. The largest absolute Gasteiger partial charge is 0.469 e. The molecule has 1 aliphatic rings. The highest BCUT2D eigenvalue weighted by Gasteiger charge is 2.36. The Bertz CT molecular complexity index is 1200. The van der Waals surface area contributed by atoms with E-state index in [2.05, 4.69) is 9.88 Å². The molecule has 0 radical (unpaired) electrons. The number of ether oxygens (including phenoxy) is 1. The average molecular weight is 442 g/mol. The molecule has 0 saturated carbocycles. The monoisotopic (exact) mass is 441 g/mol. The van der Waals surface area contributed by atoms with Crippen LogP contribution in [0.5, 0.6) is 0 Å². The predicted octanol–water partition coefficient (Wildman–Crippen LogP) is 2.62. The number of likely N-dealkylation sites (tertiary alicyclic amines) is 1. The van der Waals surface area contributed by atoms with Crippen molar-refractivity contribution in [1.29, 1.82) is 0 Å². The lowest BCUT2D eigenvalue weighted by Crippen LogP contribution is -2.46. The SMILES string of the molecule is COC(=O)C1CN(CCn2c(=O)[nH]c3ccccc3c2=O)CCC1c1ccc(Cl)cc1. The fraction of sp³-hybridized carbons (Fsp3) is 0.348. The smallest absolute Gasteiger partial charge is 0.328 e. The highest BCUT2D eigenvalue weighted by molar-refractivity contribution is 6.30. The fourth-order valence-electron chi connectivity index (χ4n) is 4.37. The third-order valence-corrected chi connectivity index (χ3v) is 6.28. The van der Waals surface area contributed by atoms with Gasteiger partial charge in [0.25, 0.3) is 5.56 Å². The number of carbonyl (C=O) groups is 1. The van der Waals surface area contributed by atoms with Gasteiger partial charge in [0, 0.05) is 24.7 Å². The summed E-state index contributed by atoms with van der Waals surface area (Å²) in [5.41, 5.74) is 0.856. The van der Waals surface area contributed by atoms with Crippen molar-refractivity contribution in [3.05, 3.63) is 80.0 Å². The van der Waals surface area contributed by atoms with Crippen LogP contribution in [-0.2, 0) is 16.1 Å². The lowest BCUT2D eigenvalue weighted by atomic mass is 9.80. The van der Waals surface area contributed by atoms with Crippen molar-refractivity contribution in [2.24, 2.45) is 5.92 Å². The number of methoxy groups -OCH3 is 1. The Morgan fingerprint density at radius 2 is 1.87 bits per heavy atom. The van der Waals surface area contributed by atoms with E-state index in [-0.39, 0.29) is 29.9 Å². The van der Waals surface area contributed by atoms with Crippen LogP contribution in [-0.4, -0.2) is 47.2 Å². The van der Waals surface area contributed by atoms with Gasteiger partial charge >= 0.3 is 11.7 Å². The molecule has 2 unspecified atom stereocenters. The molecule has 7 nitrogen and oxygen atoms in total. The number of esters is 1. The third-order valence-electron chi connectivity index (χ3n) is 6.03. The second-order valence-electron chi connectivity index (χ2n) is 7.81. The van der Waals surface area contributed by atoms with Crippen molar-refractivity contribution < 1.29 is 9.53 Å².